The molecule has 4 nitrogen and oxygen atoms in total. The number of benzene rings is 1. The number of hydrogen-bond acceptors (Lipinski definition) is 3. The number of nitrogens with one attached hydrogen (secondary N) is 2. The third-order valence-corrected chi connectivity index (χ3v) is 4.34. The summed E-state index contributed by atoms with van der Waals surface area (Å²) in [4.78, 5) is 12.6. The molecule has 1 heterocycles. The van der Waals surface area contributed by atoms with Gasteiger partial charge in [-0.2, -0.15) is 0 Å². The second kappa shape index (κ2) is 6.27. The predicted molar refractivity (Wildman–Crippen MR) is 79.8 cm³/mol. The summed E-state index contributed by atoms with van der Waals surface area (Å²) in [7, 11) is 1.65. The van der Waals surface area contributed by atoms with Crippen molar-refractivity contribution in [3.05, 3.63) is 29.8 Å². The molecule has 0 saturated carbocycles. The standard InChI is InChI=1S/C16H24N2O2/c1-4-16(8-9-17-11-16)15(19)18-12(2)13-6-5-7-14(10-13)20-3/h5-7,10,12,17H,4,8-9,11H2,1-3H3,(H,18,19)/t12-,16?/m1/s1. The van der Waals surface area contributed by atoms with Gasteiger partial charge in [-0.15, -0.1) is 0 Å². The highest BCUT2D eigenvalue weighted by molar-refractivity contribution is 5.83. The Kier molecular flexibility index (Phi) is 4.65. The third kappa shape index (κ3) is 2.96. The van der Waals surface area contributed by atoms with Gasteiger partial charge in [0.2, 0.25) is 5.91 Å². The molecule has 0 bridgehead atoms. The minimum atomic E-state index is -0.243. The van der Waals surface area contributed by atoms with Crippen molar-refractivity contribution < 1.29 is 9.53 Å². The van der Waals surface area contributed by atoms with Crippen LogP contribution in [0.1, 0.15) is 38.3 Å². The highest BCUT2D eigenvalue weighted by atomic mass is 16.5. The smallest absolute Gasteiger partial charge is 0.228 e. The molecule has 1 amide bonds. The number of carbonyl (C=O) groups excluding carboxylic acids is 1. The van der Waals surface area contributed by atoms with Crippen LogP contribution in [0.2, 0.25) is 0 Å². The van der Waals surface area contributed by atoms with Gasteiger partial charge in [0.25, 0.3) is 0 Å². The fraction of sp³-hybridized carbons (Fsp3) is 0.562. The average molecular weight is 276 g/mol. The summed E-state index contributed by atoms with van der Waals surface area (Å²) in [6.45, 7) is 5.80. The zero-order valence-corrected chi connectivity index (χ0v) is 12.5. The average Bonchev–Trinajstić information content (AvgIpc) is 2.97. The van der Waals surface area contributed by atoms with E-state index in [1.165, 1.54) is 0 Å². The molecule has 20 heavy (non-hydrogen) atoms. The van der Waals surface area contributed by atoms with Gasteiger partial charge in [0.05, 0.1) is 18.6 Å². The summed E-state index contributed by atoms with van der Waals surface area (Å²) in [6, 6.07) is 7.83. The molecular formula is C16H24N2O2. The molecule has 1 unspecified atom stereocenters. The van der Waals surface area contributed by atoms with E-state index in [0.29, 0.717) is 0 Å². The van der Waals surface area contributed by atoms with Crippen molar-refractivity contribution in [1.29, 1.82) is 0 Å². The maximum absolute atomic E-state index is 12.6. The quantitative estimate of drug-likeness (QED) is 0.867. The van der Waals surface area contributed by atoms with E-state index in [1.54, 1.807) is 7.11 Å². The van der Waals surface area contributed by atoms with Gasteiger partial charge < -0.3 is 15.4 Å². The predicted octanol–water partition coefficient (Wildman–Crippen LogP) is 2.26. The first kappa shape index (κ1) is 14.9. The van der Waals surface area contributed by atoms with Crippen molar-refractivity contribution in [1.82, 2.24) is 10.6 Å². The molecule has 2 rings (SSSR count). The summed E-state index contributed by atoms with van der Waals surface area (Å²) >= 11 is 0. The highest BCUT2D eigenvalue weighted by Crippen LogP contribution is 2.30. The first-order chi connectivity index (χ1) is 9.61. The van der Waals surface area contributed by atoms with Crippen molar-refractivity contribution >= 4 is 5.91 Å². The maximum atomic E-state index is 12.6. The molecule has 1 aromatic carbocycles. The molecule has 1 aromatic rings. The van der Waals surface area contributed by atoms with E-state index < -0.39 is 0 Å². The molecule has 0 aliphatic carbocycles. The van der Waals surface area contributed by atoms with E-state index in [-0.39, 0.29) is 17.4 Å². The van der Waals surface area contributed by atoms with Gasteiger partial charge in [-0.05, 0) is 44.0 Å². The van der Waals surface area contributed by atoms with Crippen LogP contribution >= 0.6 is 0 Å². The third-order valence-electron chi connectivity index (χ3n) is 4.34. The van der Waals surface area contributed by atoms with Crippen LogP contribution in [0, 0.1) is 5.41 Å². The molecule has 0 radical (unpaired) electrons. The number of hydrogen-bond donors (Lipinski definition) is 2. The Hall–Kier alpha value is -1.55. The number of amides is 1. The van der Waals surface area contributed by atoms with Crippen molar-refractivity contribution in [2.75, 3.05) is 20.2 Å². The minimum absolute atomic E-state index is 0.0124. The molecular weight excluding hydrogens is 252 g/mol. The maximum Gasteiger partial charge on any atom is 0.228 e. The van der Waals surface area contributed by atoms with Gasteiger partial charge >= 0.3 is 0 Å². The Morgan fingerprint density at radius 2 is 2.35 bits per heavy atom. The largest absolute Gasteiger partial charge is 0.497 e. The van der Waals surface area contributed by atoms with Crippen LogP contribution in [0.25, 0.3) is 0 Å². The van der Waals surface area contributed by atoms with Crippen LogP contribution in [-0.4, -0.2) is 26.1 Å². The van der Waals surface area contributed by atoms with Gasteiger partial charge in [-0.1, -0.05) is 19.1 Å². The molecule has 1 saturated heterocycles. The van der Waals surface area contributed by atoms with Crippen LogP contribution in [0.4, 0.5) is 0 Å². The van der Waals surface area contributed by atoms with Crippen LogP contribution in [0.15, 0.2) is 24.3 Å². The number of rotatable bonds is 5. The Labute approximate surface area is 120 Å². The second-order valence-corrected chi connectivity index (χ2v) is 5.53. The number of methoxy groups -OCH3 is 1. The van der Waals surface area contributed by atoms with Crippen molar-refractivity contribution in [2.45, 2.75) is 32.7 Å². The summed E-state index contributed by atoms with van der Waals surface area (Å²) in [5.74, 6) is 0.969. The lowest BCUT2D eigenvalue weighted by atomic mass is 9.83. The zero-order chi connectivity index (χ0) is 14.6. The summed E-state index contributed by atoms with van der Waals surface area (Å²) < 4.78 is 5.23. The second-order valence-electron chi connectivity index (χ2n) is 5.53. The van der Waals surface area contributed by atoms with E-state index in [4.69, 9.17) is 4.74 Å². The topological polar surface area (TPSA) is 50.4 Å². The number of carbonyl (C=O) groups is 1. The van der Waals surface area contributed by atoms with Gasteiger partial charge in [0.1, 0.15) is 5.75 Å². The van der Waals surface area contributed by atoms with Crippen LogP contribution < -0.4 is 15.4 Å². The number of ether oxygens (including phenoxy) is 1. The molecule has 1 aliphatic rings. The monoisotopic (exact) mass is 276 g/mol. The van der Waals surface area contributed by atoms with Crippen LogP contribution in [0.3, 0.4) is 0 Å². The molecule has 2 atom stereocenters. The SMILES string of the molecule is CCC1(C(=O)N[C@H](C)c2cccc(OC)c2)CCNC1. The lowest BCUT2D eigenvalue weighted by Gasteiger charge is -2.27. The van der Waals surface area contributed by atoms with Crippen molar-refractivity contribution in [2.24, 2.45) is 5.41 Å². The van der Waals surface area contributed by atoms with E-state index >= 15 is 0 Å². The van der Waals surface area contributed by atoms with E-state index in [9.17, 15) is 4.79 Å². The molecule has 0 aromatic heterocycles. The Morgan fingerprint density at radius 1 is 1.55 bits per heavy atom. The fourth-order valence-electron chi connectivity index (χ4n) is 2.74. The van der Waals surface area contributed by atoms with Gasteiger partial charge in [-0.25, -0.2) is 0 Å². The molecule has 0 spiro atoms. The minimum Gasteiger partial charge on any atom is -0.497 e. The van der Waals surface area contributed by atoms with Crippen molar-refractivity contribution in [3.8, 4) is 5.75 Å². The van der Waals surface area contributed by atoms with E-state index in [0.717, 1.165) is 37.2 Å². The molecule has 1 aliphatic heterocycles. The van der Waals surface area contributed by atoms with E-state index in [2.05, 4.69) is 17.6 Å². The van der Waals surface area contributed by atoms with Crippen molar-refractivity contribution in [3.63, 3.8) is 0 Å². The Morgan fingerprint density at radius 3 is 2.95 bits per heavy atom. The molecule has 1 fully saturated rings. The molecule has 110 valence electrons. The molecule has 2 N–H and O–H groups in total. The first-order valence-corrected chi connectivity index (χ1v) is 7.27. The highest BCUT2D eigenvalue weighted by Gasteiger charge is 2.39. The lowest BCUT2D eigenvalue weighted by molar-refractivity contribution is -0.131. The van der Waals surface area contributed by atoms with Crippen LogP contribution in [0.5, 0.6) is 5.75 Å². The Balaban J connectivity index is 2.06. The van der Waals surface area contributed by atoms with Gasteiger partial charge in [0.15, 0.2) is 0 Å². The summed E-state index contributed by atoms with van der Waals surface area (Å²) in [5, 5.41) is 6.44. The fourth-order valence-corrected chi connectivity index (χ4v) is 2.74. The first-order valence-electron chi connectivity index (χ1n) is 7.27. The lowest BCUT2D eigenvalue weighted by Crippen LogP contribution is -2.43. The van der Waals surface area contributed by atoms with E-state index in [1.807, 2.05) is 31.2 Å². The molecule has 4 heteroatoms. The van der Waals surface area contributed by atoms with Gasteiger partial charge in [0, 0.05) is 6.54 Å². The summed E-state index contributed by atoms with van der Waals surface area (Å²) in [6.07, 6.45) is 1.79. The van der Waals surface area contributed by atoms with Gasteiger partial charge in [-0.3, -0.25) is 4.79 Å². The van der Waals surface area contributed by atoms with Crippen LogP contribution in [-0.2, 0) is 4.79 Å². The summed E-state index contributed by atoms with van der Waals surface area (Å²) in [5.41, 5.74) is 0.822. The zero-order valence-electron chi connectivity index (χ0n) is 12.5. The normalized spacial score (nSPS) is 23.4. The Bertz CT molecular complexity index is 467.